The first-order chi connectivity index (χ1) is 12.3. The highest BCUT2D eigenvalue weighted by atomic mass is 32.2. The molecule has 0 saturated carbocycles. The Kier molecular flexibility index (Phi) is 6.95. The number of carbonyl (C=O) groups is 1. The number of nitrogens with one attached hydrogen (secondary N) is 1. The normalized spacial score (nSPS) is 18.0. The number of benzene rings is 2. The van der Waals surface area contributed by atoms with Crippen molar-refractivity contribution >= 4 is 17.7 Å². The summed E-state index contributed by atoms with van der Waals surface area (Å²) in [6, 6.07) is 21.0. The maximum Gasteiger partial charge on any atom is 0.230 e. The summed E-state index contributed by atoms with van der Waals surface area (Å²) in [6.45, 7) is 3.17. The first-order valence-electron chi connectivity index (χ1n) is 9.03. The second-order valence-corrected chi connectivity index (χ2v) is 7.59. The number of thioether (sulfide) groups is 1. The Morgan fingerprint density at radius 2 is 1.80 bits per heavy atom. The van der Waals surface area contributed by atoms with Gasteiger partial charge in [0.2, 0.25) is 5.91 Å². The predicted molar refractivity (Wildman–Crippen MR) is 105 cm³/mol. The summed E-state index contributed by atoms with van der Waals surface area (Å²) in [5.41, 5.74) is 1.38. The zero-order valence-electron chi connectivity index (χ0n) is 14.6. The van der Waals surface area contributed by atoms with E-state index in [0.29, 0.717) is 5.75 Å². The second kappa shape index (κ2) is 9.64. The summed E-state index contributed by atoms with van der Waals surface area (Å²) >= 11 is 1.60. The fourth-order valence-corrected chi connectivity index (χ4v) is 3.97. The van der Waals surface area contributed by atoms with Crippen molar-refractivity contribution in [3.05, 3.63) is 66.2 Å². The molecule has 1 atom stereocenters. The van der Waals surface area contributed by atoms with E-state index < -0.39 is 0 Å². The largest absolute Gasteiger partial charge is 0.351 e. The number of hydrogen-bond acceptors (Lipinski definition) is 3. The zero-order chi connectivity index (χ0) is 17.3. The molecule has 0 aliphatic carbocycles. The van der Waals surface area contributed by atoms with Crippen molar-refractivity contribution in [3.8, 4) is 0 Å². The standard InChI is InChI=1S/C21H26N2OS/c24-21(17-25-20-11-5-2-6-12-20)22-19-10-7-14-23(16-19)15-13-18-8-3-1-4-9-18/h1-6,8-9,11-12,19H,7,10,13-17H2,(H,22,24)/t19-/m0/s1. The molecule has 1 amide bonds. The molecule has 132 valence electrons. The van der Waals surface area contributed by atoms with Crippen LogP contribution in [0.5, 0.6) is 0 Å². The number of nitrogens with zero attached hydrogens (tertiary/aromatic N) is 1. The maximum absolute atomic E-state index is 12.2. The van der Waals surface area contributed by atoms with Crippen LogP contribution in [0, 0.1) is 0 Å². The van der Waals surface area contributed by atoms with Crippen molar-refractivity contribution in [3.63, 3.8) is 0 Å². The SMILES string of the molecule is O=C(CSc1ccccc1)N[C@H]1CCCN(CCc2ccccc2)C1. The van der Waals surface area contributed by atoms with Crippen LogP contribution < -0.4 is 5.32 Å². The third kappa shape index (κ3) is 6.22. The smallest absolute Gasteiger partial charge is 0.230 e. The minimum atomic E-state index is 0.142. The average molecular weight is 355 g/mol. The number of hydrogen-bond donors (Lipinski definition) is 1. The van der Waals surface area contributed by atoms with Gasteiger partial charge in [-0.05, 0) is 43.5 Å². The summed E-state index contributed by atoms with van der Waals surface area (Å²) in [4.78, 5) is 15.8. The molecule has 4 heteroatoms. The Balaban J connectivity index is 1.39. The van der Waals surface area contributed by atoms with E-state index in [4.69, 9.17) is 0 Å². The number of likely N-dealkylation sites (tertiary alicyclic amines) is 1. The molecular formula is C21H26N2OS. The third-order valence-electron chi connectivity index (χ3n) is 4.54. The van der Waals surface area contributed by atoms with E-state index in [-0.39, 0.29) is 11.9 Å². The molecule has 0 unspecified atom stereocenters. The lowest BCUT2D eigenvalue weighted by molar-refractivity contribution is -0.119. The second-order valence-electron chi connectivity index (χ2n) is 6.54. The van der Waals surface area contributed by atoms with Gasteiger partial charge >= 0.3 is 0 Å². The summed E-state index contributed by atoms with van der Waals surface area (Å²) in [7, 11) is 0. The zero-order valence-corrected chi connectivity index (χ0v) is 15.4. The van der Waals surface area contributed by atoms with Gasteiger partial charge in [-0.25, -0.2) is 0 Å². The molecule has 1 saturated heterocycles. The predicted octanol–water partition coefficient (Wildman–Crippen LogP) is 3.60. The number of amides is 1. The van der Waals surface area contributed by atoms with Crippen molar-refractivity contribution in [1.29, 1.82) is 0 Å². The van der Waals surface area contributed by atoms with Crippen LogP contribution in [0.3, 0.4) is 0 Å². The maximum atomic E-state index is 12.2. The summed E-state index contributed by atoms with van der Waals surface area (Å²) in [5, 5.41) is 3.22. The Bertz CT molecular complexity index is 647. The minimum absolute atomic E-state index is 0.142. The van der Waals surface area contributed by atoms with Crippen molar-refractivity contribution in [1.82, 2.24) is 10.2 Å². The highest BCUT2D eigenvalue weighted by Gasteiger charge is 2.21. The molecule has 1 fully saturated rings. The van der Waals surface area contributed by atoms with E-state index in [1.54, 1.807) is 11.8 Å². The van der Waals surface area contributed by atoms with Crippen molar-refractivity contribution in [2.75, 3.05) is 25.4 Å². The van der Waals surface area contributed by atoms with Crippen molar-refractivity contribution in [2.45, 2.75) is 30.2 Å². The molecule has 1 aliphatic heterocycles. The first-order valence-corrected chi connectivity index (χ1v) is 10.0. The third-order valence-corrected chi connectivity index (χ3v) is 5.56. The number of piperidine rings is 1. The molecule has 2 aromatic rings. The first kappa shape index (κ1) is 18.0. The molecular weight excluding hydrogens is 328 g/mol. The van der Waals surface area contributed by atoms with E-state index >= 15 is 0 Å². The van der Waals surface area contributed by atoms with E-state index in [1.165, 1.54) is 5.56 Å². The summed E-state index contributed by atoms with van der Waals surface area (Å²) in [6.07, 6.45) is 3.32. The topological polar surface area (TPSA) is 32.3 Å². The molecule has 0 radical (unpaired) electrons. The Labute approximate surface area is 154 Å². The van der Waals surface area contributed by atoms with Crippen molar-refractivity contribution < 1.29 is 4.79 Å². The molecule has 1 aliphatic rings. The lowest BCUT2D eigenvalue weighted by Crippen LogP contribution is -2.48. The Morgan fingerprint density at radius 1 is 1.08 bits per heavy atom. The molecule has 0 spiro atoms. The number of carbonyl (C=O) groups excluding carboxylic acids is 1. The van der Waals surface area contributed by atoms with Crippen LogP contribution in [0.15, 0.2) is 65.6 Å². The molecule has 2 aromatic carbocycles. The molecule has 3 nitrogen and oxygen atoms in total. The van der Waals surface area contributed by atoms with Crippen LogP contribution in [0.25, 0.3) is 0 Å². The van der Waals surface area contributed by atoms with E-state index in [1.807, 2.05) is 30.3 Å². The molecule has 1 heterocycles. The fraction of sp³-hybridized carbons (Fsp3) is 0.381. The van der Waals surface area contributed by atoms with Crippen LogP contribution in [0.4, 0.5) is 0 Å². The summed E-state index contributed by atoms with van der Waals surface area (Å²) < 4.78 is 0. The van der Waals surface area contributed by atoms with Gasteiger partial charge in [0.05, 0.1) is 5.75 Å². The van der Waals surface area contributed by atoms with Gasteiger partial charge in [0, 0.05) is 24.0 Å². The van der Waals surface area contributed by atoms with Crippen LogP contribution in [-0.4, -0.2) is 42.2 Å². The van der Waals surface area contributed by atoms with Gasteiger partial charge in [-0.1, -0.05) is 48.5 Å². The van der Waals surface area contributed by atoms with E-state index in [9.17, 15) is 4.79 Å². The van der Waals surface area contributed by atoms with Gasteiger partial charge in [-0.3, -0.25) is 4.79 Å². The lowest BCUT2D eigenvalue weighted by atomic mass is 10.0. The van der Waals surface area contributed by atoms with Crippen LogP contribution in [-0.2, 0) is 11.2 Å². The highest BCUT2D eigenvalue weighted by molar-refractivity contribution is 8.00. The van der Waals surface area contributed by atoms with Crippen LogP contribution >= 0.6 is 11.8 Å². The number of rotatable bonds is 7. The van der Waals surface area contributed by atoms with Gasteiger partial charge in [0.15, 0.2) is 0 Å². The van der Waals surface area contributed by atoms with Gasteiger partial charge in [0.1, 0.15) is 0 Å². The van der Waals surface area contributed by atoms with Crippen molar-refractivity contribution in [2.24, 2.45) is 0 Å². The van der Waals surface area contributed by atoms with Gasteiger partial charge in [-0.2, -0.15) is 0 Å². The van der Waals surface area contributed by atoms with Crippen LogP contribution in [0.1, 0.15) is 18.4 Å². The molecule has 0 bridgehead atoms. The van der Waals surface area contributed by atoms with E-state index in [0.717, 1.165) is 43.8 Å². The fourth-order valence-electron chi connectivity index (χ4n) is 3.24. The summed E-state index contributed by atoms with van der Waals surface area (Å²) in [5.74, 6) is 0.633. The van der Waals surface area contributed by atoms with Gasteiger partial charge in [0.25, 0.3) is 0 Å². The Hall–Kier alpha value is -1.78. The van der Waals surface area contributed by atoms with Gasteiger partial charge in [-0.15, -0.1) is 11.8 Å². The quantitative estimate of drug-likeness (QED) is 0.771. The van der Waals surface area contributed by atoms with Crippen LogP contribution in [0.2, 0.25) is 0 Å². The monoisotopic (exact) mass is 354 g/mol. The Morgan fingerprint density at radius 3 is 2.56 bits per heavy atom. The van der Waals surface area contributed by atoms with E-state index in [2.05, 4.69) is 40.5 Å². The highest BCUT2D eigenvalue weighted by Crippen LogP contribution is 2.17. The molecule has 0 aromatic heterocycles. The molecule has 25 heavy (non-hydrogen) atoms. The van der Waals surface area contributed by atoms with Gasteiger partial charge < -0.3 is 10.2 Å². The molecule has 1 N–H and O–H groups in total. The lowest BCUT2D eigenvalue weighted by Gasteiger charge is -2.33. The average Bonchev–Trinajstić information content (AvgIpc) is 2.67. The minimum Gasteiger partial charge on any atom is -0.351 e. The molecule has 3 rings (SSSR count).